The van der Waals surface area contributed by atoms with Crippen molar-refractivity contribution in [3.63, 3.8) is 0 Å². The highest BCUT2D eigenvalue weighted by Gasteiger charge is 2.15. The van der Waals surface area contributed by atoms with E-state index in [0.29, 0.717) is 24.8 Å². The number of carbonyl (C=O) groups excluding carboxylic acids is 1. The van der Waals surface area contributed by atoms with Crippen molar-refractivity contribution >= 4 is 6.29 Å². The number of aromatic nitrogens is 7. The molecule has 0 saturated carbocycles. The normalized spacial score (nSPS) is 11.2. The molecule has 0 aliphatic heterocycles. The average molecular weight is 446 g/mol. The maximum atomic E-state index is 12.9. The lowest BCUT2D eigenvalue weighted by Crippen LogP contribution is -2.26. The van der Waals surface area contributed by atoms with E-state index in [4.69, 9.17) is 0 Å². The first-order valence-electron chi connectivity index (χ1n) is 11.1. The number of carbonyl (C=O) groups is 1. The molecule has 33 heavy (non-hydrogen) atoms. The van der Waals surface area contributed by atoms with Crippen molar-refractivity contribution in [3.8, 4) is 22.5 Å². The lowest BCUT2D eigenvalue weighted by Gasteiger charge is -2.10. The van der Waals surface area contributed by atoms with Gasteiger partial charge in [-0.15, -0.1) is 10.2 Å². The van der Waals surface area contributed by atoms with Crippen LogP contribution in [-0.2, 0) is 24.3 Å². The SMILES string of the molecule is CC(C)CCc1nn(CCC=O)c(=O)n1Cc1ccc(-c2ccccc2-c2nn[nH]n2)cc1. The molecule has 0 bridgehead atoms. The molecule has 0 fully saturated rings. The molecular weight excluding hydrogens is 418 g/mol. The molecule has 1 N–H and O–H groups in total. The van der Waals surface area contributed by atoms with Gasteiger partial charge >= 0.3 is 5.69 Å². The molecule has 0 amide bonds. The summed E-state index contributed by atoms with van der Waals surface area (Å²) in [6, 6.07) is 16.0. The molecule has 2 heterocycles. The Morgan fingerprint density at radius 2 is 1.82 bits per heavy atom. The fraction of sp³-hybridized carbons (Fsp3) is 0.333. The molecule has 0 radical (unpaired) electrons. The summed E-state index contributed by atoms with van der Waals surface area (Å²) in [5.74, 6) is 1.80. The van der Waals surface area contributed by atoms with Gasteiger partial charge in [-0.05, 0) is 34.2 Å². The Bertz CT molecular complexity index is 1250. The minimum Gasteiger partial charge on any atom is -0.303 e. The van der Waals surface area contributed by atoms with E-state index < -0.39 is 0 Å². The third-order valence-corrected chi connectivity index (χ3v) is 5.52. The number of aldehydes is 1. The van der Waals surface area contributed by atoms with Crippen LogP contribution in [0.25, 0.3) is 22.5 Å². The van der Waals surface area contributed by atoms with Gasteiger partial charge in [0.15, 0.2) is 0 Å². The summed E-state index contributed by atoms with van der Waals surface area (Å²) < 4.78 is 3.12. The number of tetrazole rings is 1. The molecule has 2 aromatic carbocycles. The van der Waals surface area contributed by atoms with Crippen molar-refractivity contribution in [1.29, 1.82) is 0 Å². The smallest absolute Gasteiger partial charge is 0.303 e. The maximum Gasteiger partial charge on any atom is 0.346 e. The molecule has 2 aromatic heterocycles. The molecule has 0 aliphatic carbocycles. The molecule has 0 aliphatic rings. The summed E-state index contributed by atoms with van der Waals surface area (Å²) >= 11 is 0. The van der Waals surface area contributed by atoms with Gasteiger partial charge in [-0.3, -0.25) is 4.57 Å². The molecule has 4 aromatic rings. The van der Waals surface area contributed by atoms with Crippen LogP contribution in [0.2, 0.25) is 0 Å². The quantitative estimate of drug-likeness (QED) is 0.376. The van der Waals surface area contributed by atoms with Crippen LogP contribution < -0.4 is 5.69 Å². The molecule has 0 saturated heterocycles. The van der Waals surface area contributed by atoms with Gasteiger partial charge in [0.05, 0.1) is 13.1 Å². The molecule has 0 unspecified atom stereocenters. The van der Waals surface area contributed by atoms with Crippen molar-refractivity contribution in [2.24, 2.45) is 5.92 Å². The highest BCUT2D eigenvalue weighted by atomic mass is 16.2. The Balaban J connectivity index is 1.61. The van der Waals surface area contributed by atoms with Gasteiger partial charge in [0.1, 0.15) is 12.1 Å². The van der Waals surface area contributed by atoms with E-state index in [2.05, 4.69) is 39.6 Å². The fourth-order valence-electron chi connectivity index (χ4n) is 3.75. The van der Waals surface area contributed by atoms with Gasteiger partial charge in [-0.25, -0.2) is 9.48 Å². The van der Waals surface area contributed by atoms with Crippen LogP contribution in [0.15, 0.2) is 53.3 Å². The Morgan fingerprint density at radius 3 is 2.48 bits per heavy atom. The van der Waals surface area contributed by atoms with Gasteiger partial charge in [0.2, 0.25) is 5.82 Å². The van der Waals surface area contributed by atoms with Crippen LogP contribution in [0.4, 0.5) is 0 Å². The van der Waals surface area contributed by atoms with Crippen molar-refractivity contribution in [2.45, 2.75) is 46.2 Å². The van der Waals surface area contributed by atoms with Crippen LogP contribution >= 0.6 is 0 Å². The standard InChI is InChI=1S/C24H27N7O2/c1-17(2)8-13-22-27-31(14-5-15-32)24(33)30(22)16-18-9-11-19(12-10-18)20-6-3-4-7-21(20)23-25-28-29-26-23/h3-4,6-7,9-12,15,17H,5,8,13-14,16H2,1-2H3,(H,25,26,28,29). The number of hydrogen-bond donors (Lipinski definition) is 1. The Morgan fingerprint density at radius 1 is 1.06 bits per heavy atom. The number of aromatic amines is 1. The zero-order chi connectivity index (χ0) is 23.2. The maximum absolute atomic E-state index is 12.9. The Kier molecular flexibility index (Phi) is 6.87. The van der Waals surface area contributed by atoms with E-state index in [1.165, 1.54) is 4.68 Å². The molecule has 9 nitrogen and oxygen atoms in total. The van der Waals surface area contributed by atoms with Gasteiger partial charge in [0, 0.05) is 18.4 Å². The summed E-state index contributed by atoms with van der Waals surface area (Å²) in [4.78, 5) is 23.7. The zero-order valence-electron chi connectivity index (χ0n) is 18.8. The topological polar surface area (TPSA) is 111 Å². The largest absolute Gasteiger partial charge is 0.346 e. The lowest BCUT2D eigenvalue weighted by atomic mass is 9.98. The molecule has 4 rings (SSSR count). The Hall–Kier alpha value is -3.88. The van der Waals surface area contributed by atoms with Gasteiger partial charge in [-0.1, -0.05) is 62.4 Å². The number of H-pyrrole nitrogens is 1. The summed E-state index contributed by atoms with van der Waals surface area (Å²) in [6.45, 7) is 5.03. The molecule has 170 valence electrons. The number of hydrogen-bond acceptors (Lipinski definition) is 6. The van der Waals surface area contributed by atoms with E-state index in [-0.39, 0.29) is 12.1 Å². The summed E-state index contributed by atoms with van der Waals surface area (Å²) in [7, 11) is 0. The number of nitrogens with one attached hydrogen (secondary N) is 1. The predicted molar refractivity (Wildman–Crippen MR) is 124 cm³/mol. The van der Waals surface area contributed by atoms with Crippen LogP contribution in [0.5, 0.6) is 0 Å². The molecule has 9 heteroatoms. The first-order valence-corrected chi connectivity index (χ1v) is 11.1. The monoisotopic (exact) mass is 445 g/mol. The predicted octanol–water partition coefficient (Wildman–Crippen LogP) is 3.12. The highest BCUT2D eigenvalue weighted by molar-refractivity contribution is 5.80. The van der Waals surface area contributed by atoms with Crippen LogP contribution in [-0.4, -0.2) is 41.3 Å². The van der Waals surface area contributed by atoms with Crippen LogP contribution in [0, 0.1) is 5.92 Å². The lowest BCUT2D eigenvalue weighted by molar-refractivity contribution is -0.108. The highest BCUT2D eigenvalue weighted by Crippen LogP contribution is 2.29. The number of nitrogens with zero attached hydrogens (tertiary/aromatic N) is 6. The second-order valence-electron chi connectivity index (χ2n) is 8.37. The summed E-state index contributed by atoms with van der Waals surface area (Å²) in [5.41, 5.74) is 3.73. The van der Waals surface area contributed by atoms with E-state index in [9.17, 15) is 9.59 Å². The molecule has 0 atom stereocenters. The number of aryl methyl sites for hydroxylation is 2. The van der Waals surface area contributed by atoms with E-state index in [1.807, 2.05) is 48.5 Å². The van der Waals surface area contributed by atoms with E-state index in [0.717, 1.165) is 47.2 Å². The first kappa shape index (κ1) is 22.3. The third-order valence-electron chi connectivity index (χ3n) is 5.52. The average Bonchev–Trinajstić information content (AvgIpc) is 3.46. The summed E-state index contributed by atoms with van der Waals surface area (Å²) in [5, 5.41) is 18.9. The van der Waals surface area contributed by atoms with Crippen LogP contribution in [0.3, 0.4) is 0 Å². The molecule has 0 spiro atoms. The zero-order valence-corrected chi connectivity index (χ0v) is 18.8. The van der Waals surface area contributed by atoms with Gasteiger partial charge in [-0.2, -0.15) is 10.3 Å². The minimum absolute atomic E-state index is 0.179. The fourth-order valence-corrected chi connectivity index (χ4v) is 3.75. The van der Waals surface area contributed by atoms with Crippen molar-refractivity contribution < 1.29 is 4.79 Å². The van der Waals surface area contributed by atoms with Crippen molar-refractivity contribution in [1.82, 2.24) is 35.0 Å². The van der Waals surface area contributed by atoms with Gasteiger partial charge in [0.25, 0.3) is 0 Å². The Labute approximate surface area is 191 Å². The minimum atomic E-state index is -0.179. The van der Waals surface area contributed by atoms with Crippen molar-refractivity contribution in [2.75, 3.05) is 0 Å². The van der Waals surface area contributed by atoms with Crippen molar-refractivity contribution in [3.05, 3.63) is 70.4 Å². The third kappa shape index (κ3) is 5.14. The number of benzene rings is 2. The first-order chi connectivity index (χ1) is 16.1. The second kappa shape index (κ2) is 10.2. The van der Waals surface area contributed by atoms with Gasteiger partial charge < -0.3 is 4.79 Å². The van der Waals surface area contributed by atoms with E-state index >= 15 is 0 Å². The number of rotatable bonds is 10. The molecular formula is C24H27N7O2. The second-order valence-corrected chi connectivity index (χ2v) is 8.37. The van der Waals surface area contributed by atoms with E-state index in [1.54, 1.807) is 4.57 Å². The van der Waals surface area contributed by atoms with Crippen LogP contribution in [0.1, 0.15) is 38.1 Å². The summed E-state index contributed by atoms with van der Waals surface area (Å²) in [6.07, 6.45) is 2.74.